The maximum atomic E-state index is 10.7. The van der Waals surface area contributed by atoms with Crippen molar-refractivity contribution in [2.24, 2.45) is 5.92 Å². The van der Waals surface area contributed by atoms with E-state index in [1.165, 1.54) is 17.6 Å². The summed E-state index contributed by atoms with van der Waals surface area (Å²) in [7, 11) is 0. The summed E-state index contributed by atoms with van der Waals surface area (Å²) in [5, 5.41) is 10.7. The molecular weight excluding hydrogens is 258 g/mol. The van der Waals surface area contributed by atoms with Crippen LogP contribution in [0.3, 0.4) is 0 Å². The number of rotatable bonds is 4. The monoisotopic (exact) mass is 289 g/mol. The van der Waals surface area contributed by atoms with Gasteiger partial charge in [-0.25, -0.2) is 0 Å². The summed E-state index contributed by atoms with van der Waals surface area (Å²) < 4.78 is 0. The van der Waals surface area contributed by atoms with Gasteiger partial charge in [0, 0.05) is 12.6 Å². The van der Waals surface area contributed by atoms with Gasteiger partial charge in [-0.2, -0.15) is 0 Å². The number of hydrogen-bond acceptors (Lipinski definition) is 2. The van der Waals surface area contributed by atoms with E-state index in [9.17, 15) is 5.11 Å². The van der Waals surface area contributed by atoms with Crippen LogP contribution in [0.25, 0.3) is 0 Å². The molecule has 2 saturated heterocycles. The Morgan fingerprint density at radius 2 is 2.29 bits per heavy atom. The highest BCUT2D eigenvalue weighted by atomic mass is 16.3. The van der Waals surface area contributed by atoms with Crippen molar-refractivity contribution in [1.29, 1.82) is 0 Å². The SMILES string of the molecule is C/C=C/C(C)=C/CC(C)/C=C1\CN2CCCC2C(C)(O)C1. The zero-order valence-electron chi connectivity index (χ0n) is 14.1. The summed E-state index contributed by atoms with van der Waals surface area (Å²) in [4.78, 5) is 2.48. The summed E-state index contributed by atoms with van der Waals surface area (Å²) in [5.74, 6) is 0.537. The van der Waals surface area contributed by atoms with Crippen molar-refractivity contribution < 1.29 is 5.11 Å². The molecule has 0 amide bonds. The van der Waals surface area contributed by atoms with Crippen LogP contribution in [0.2, 0.25) is 0 Å². The maximum Gasteiger partial charge on any atom is 0.0811 e. The van der Waals surface area contributed by atoms with Crippen molar-refractivity contribution in [2.75, 3.05) is 13.1 Å². The van der Waals surface area contributed by atoms with Gasteiger partial charge in [0.1, 0.15) is 0 Å². The average molecular weight is 289 g/mol. The summed E-state index contributed by atoms with van der Waals surface area (Å²) in [5.41, 5.74) is 2.21. The van der Waals surface area contributed by atoms with Crippen LogP contribution in [0.15, 0.2) is 35.5 Å². The molecule has 2 aliphatic rings. The van der Waals surface area contributed by atoms with Crippen LogP contribution in [0.5, 0.6) is 0 Å². The lowest BCUT2D eigenvalue weighted by Gasteiger charge is -2.43. The average Bonchev–Trinajstić information content (AvgIpc) is 2.85. The molecule has 0 spiro atoms. The molecule has 2 rings (SSSR count). The van der Waals surface area contributed by atoms with Gasteiger partial charge < -0.3 is 5.11 Å². The first-order chi connectivity index (χ1) is 9.92. The zero-order valence-corrected chi connectivity index (χ0v) is 14.1. The number of aliphatic hydroxyl groups is 1. The Bertz CT molecular complexity index is 444. The van der Waals surface area contributed by atoms with E-state index in [0.717, 1.165) is 32.4 Å². The molecule has 3 atom stereocenters. The lowest BCUT2D eigenvalue weighted by molar-refractivity contribution is -0.0330. The minimum absolute atomic E-state index is 0.377. The van der Waals surface area contributed by atoms with E-state index in [2.05, 4.69) is 50.0 Å². The third-order valence-electron chi connectivity index (χ3n) is 4.83. The van der Waals surface area contributed by atoms with Crippen LogP contribution in [0, 0.1) is 5.92 Å². The minimum Gasteiger partial charge on any atom is -0.388 e. The second kappa shape index (κ2) is 6.93. The van der Waals surface area contributed by atoms with Crippen molar-refractivity contribution in [2.45, 2.75) is 65.0 Å². The molecule has 1 N–H and O–H groups in total. The van der Waals surface area contributed by atoms with Gasteiger partial charge in [0.25, 0.3) is 0 Å². The Morgan fingerprint density at radius 1 is 1.52 bits per heavy atom. The molecule has 2 heterocycles. The van der Waals surface area contributed by atoms with E-state index in [-0.39, 0.29) is 0 Å². The summed E-state index contributed by atoms with van der Waals surface area (Å²) in [6.07, 6.45) is 13.2. The third kappa shape index (κ3) is 4.31. The fourth-order valence-corrected chi connectivity index (χ4v) is 3.90. The third-order valence-corrected chi connectivity index (χ3v) is 4.83. The number of allylic oxidation sites excluding steroid dienone is 5. The molecule has 118 valence electrons. The van der Waals surface area contributed by atoms with Crippen LogP contribution < -0.4 is 0 Å². The number of fused-ring (bicyclic) bond motifs is 1. The number of hydrogen-bond donors (Lipinski definition) is 1. The van der Waals surface area contributed by atoms with Crippen molar-refractivity contribution in [3.63, 3.8) is 0 Å². The number of nitrogens with zero attached hydrogens (tertiary/aromatic N) is 1. The quantitative estimate of drug-likeness (QED) is 0.622. The first-order valence-electron chi connectivity index (χ1n) is 8.38. The Morgan fingerprint density at radius 3 is 3.00 bits per heavy atom. The molecule has 0 aliphatic carbocycles. The molecule has 0 saturated carbocycles. The molecular formula is C19H31NO. The Balaban J connectivity index is 1.99. The van der Waals surface area contributed by atoms with Crippen molar-refractivity contribution >= 4 is 0 Å². The maximum absolute atomic E-state index is 10.7. The second-order valence-electron chi connectivity index (χ2n) is 7.15. The Kier molecular flexibility index (Phi) is 5.45. The molecule has 0 bridgehead atoms. The van der Waals surface area contributed by atoms with E-state index in [4.69, 9.17) is 0 Å². The highest BCUT2D eigenvalue weighted by molar-refractivity contribution is 5.19. The van der Waals surface area contributed by atoms with Crippen LogP contribution in [-0.2, 0) is 0 Å². The van der Waals surface area contributed by atoms with E-state index >= 15 is 0 Å². The standard InChI is InChI=1S/C19H31NO/c1-5-7-15(2)9-10-16(3)12-17-13-19(4,21)18-8-6-11-20(18)14-17/h5,7,9,12,16,18,21H,6,8,10-11,13-14H2,1-4H3/b7-5+,15-9+,17-12-. The van der Waals surface area contributed by atoms with Crippen LogP contribution >= 0.6 is 0 Å². The summed E-state index contributed by atoms with van der Waals surface area (Å²) in [6.45, 7) is 10.7. The lowest BCUT2D eigenvalue weighted by Crippen LogP contribution is -2.52. The van der Waals surface area contributed by atoms with Gasteiger partial charge in [-0.3, -0.25) is 4.90 Å². The van der Waals surface area contributed by atoms with E-state index in [1.54, 1.807) is 0 Å². The lowest BCUT2D eigenvalue weighted by atomic mass is 9.82. The van der Waals surface area contributed by atoms with Crippen LogP contribution in [0.1, 0.15) is 53.4 Å². The van der Waals surface area contributed by atoms with Gasteiger partial charge in [-0.15, -0.1) is 0 Å². The molecule has 0 radical (unpaired) electrons. The predicted molar refractivity (Wildman–Crippen MR) is 90.3 cm³/mol. The predicted octanol–water partition coefficient (Wildman–Crippen LogP) is 4.08. The van der Waals surface area contributed by atoms with E-state index in [1.807, 2.05) is 6.92 Å². The largest absolute Gasteiger partial charge is 0.388 e. The van der Waals surface area contributed by atoms with Gasteiger partial charge in [0.15, 0.2) is 0 Å². The zero-order chi connectivity index (χ0) is 15.5. The summed E-state index contributed by atoms with van der Waals surface area (Å²) in [6, 6.07) is 0.377. The Labute approximate surface area is 130 Å². The summed E-state index contributed by atoms with van der Waals surface area (Å²) >= 11 is 0. The first-order valence-corrected chi connectivity index (χ1v) is 8.38. The fourth-order valence-electron chi connectivity index (χ4n) is 3.90. The van der Waals surface area contributed by atoms with E-state index < -0.39 is 5.60 Å². The molecule has 21 heavy (non-hydrogen) atoms. The van der Waals surface area contributed by atoms with Crippen molar-refractivity contribution in [3.8, 4) is 0 Å². The molecule has 3 unspecified atom stereocenters. The molecule has 2 heteroatoms. The molecule has 2 fully saturated rings. The minimum atomic E-state index is -0.545. The topological polar surface area (TPSA) is 23.5 Å². The van der Waals surface area contributed by atoms with Crippen molar-refractivity contribution in [3.05, 3.63) is 35.5 Å². The normalized spacial score (nSPS) is 34.6. The van der Waals surface area contributed by atoms with Crippen LogP contribution in [0.4, 0.5) is 0 Å². The van der Waals surface area contributed by atoms with Crippen LogP contribution in [-0.4, -0.2) is 34.7 Å². The van der Waals surface area contributed by atoms with Gasteiger partial charge in [0.05, 0.1) is 5.60 Å². The molecule has 2 aliphatic heterocycles. The molecule has 0 aromatic heterocycles. The second-order valence-corrected chi connectivity index (χ2v) is 7.15. The Hall–Kier alpha value is -0.860. The van der Waals surface area contributed by atoms with Crippen molar-refractivity contribution in [1.82, 2.24) is 4.90 Å². The highest BCUT2D eigenvalue weighted by Gasteiger charge is 2.43. The van der Waals surface area contributed by atoms with E-state index in [0.29, 0.717) is 12.0 Å². The van der Waals surface area contributed by atoms with Gasteiger partial charge in [-0.1, -0.05) is 42.4 Å². The molecule has 0 aromatic carbocycles. The van der Waals surface area contributed by atoms with Gasteiger partial charge in [-0.05, 0) is 58.9 Å². The molecule has 0 aromatic rings. The fraction of sp³-hybridized carbons (Fsp3) is 0.684. The smallest absolute Gasteiger partial charge is 0.0811 e. The van der Waals surface area contributed by atoms with Gasteiger partial charge in [0.2, 0.25) is 0 Å². The van der Waals surface area contributed by atoms with Gasteiger partial charge >= 0.3 is 0 Å². The molecule has 2 nitrogen and oxygen atoms in total. The first kappa shape index (κ1) is 16.5. The highest BCUT2D eigenvalue weighted by Crippen LogP contribution is 2.37. The number of piperidine rings is 1.